The van der Waals surface area contributed by atoms with Crippen LogP contribution in [0.2, 0.25) is 0 Å². The summed E-state index contributed by atoms with van der Waals surface area (Å²) in [5, 5.41) is 9.04. The van der Waals surface area contributed by atoms with Gasteiger partial charge in [0.1, 0.15) is 16.7 Å². The van der Waals surface area contributed by atoms with Gasteiger partial charge in [-0.3, -0.25) is 0 Å². The summed E-state index contributed by atoms with van der Waals surface area (Å²) in [6, 6.07) is 0. The zero-order valence-corrected chi connectivity index (χ0v) is 12.7. The fourth-order valence-corrected chi connectivity index (χ4v) is 3.68. The topological polar surface area (TPSA) is 77.6 Å². The highest BCUT2D eigenvalue weighted by Gasteiger charge is 2.12. The molecule has 0 bridgehead atoms. The predicted molar refractivity (Wildman–Crippen MR) is 76.4 cm³/mol. The molecule has 0 aliphatic carbocycles. The highest BCUT2D eigenvalue weighted by Crippen LogP contribution is 2.34. The Labute approximate surface area is 118 Å². The van der Waals surface area contributed by atoms with E-state index in [1.54, 1.807) is 23.1 Å². The number of anilines is 1. The van der Waals surface area contributed by atoms with E-state index in [9.17, 15) is 0 Å². The number of nitrogen functional groups attached to an aromatic ring is 1. The maximum absolute atomic E-state index is 5.88. The van der Waals surface area contributed by atoms with Crippen molar-refractivity contribution in [2.75, 3.05) is 12.0 Å². The average Bonchev–Trinajstić information content (AvgIpc) is 2.82. The number of nitrogens with two attached hydrogens (primary N) is 1. The lowest BCUT2D eigenvalue weighted by Crippen LogP contribution is -2.03. The monoisotopic (exact) mass is 299 g/mol. The van der Waals surface area contributed by atoms with Crippen LogP contribution in [0.3, 0.4) is 0 Å². The van der Waals surface area contributed by atoms with Gasteiger partial charge in [-0.15, -0.1) is 10.2 Å². The number of rotatable bonds is 4. The molecule has 0 saturated carbocycles. The van der Waals surface area contributed by atoms with Gasteiger partial charge in [0, 0.05) is 12.0 Å². The average molecular weight is 299 g/mol. The molecule has 2 rings (SSSR count). The van der Waals surface area contributed by atoms with Gasteiger partial charge in [-0.1, -0.05) is 30.0 Å². The van der Waals surface area contributed by atoms with E-state index in [4.69, 9.17) is 5.73 Å². The Balaban J connectivity index is 2.30. The Kier molecular flexibility index (Phi) is 4.41. The van der Waals surface area contributed by atoms with Crippen LogP contribution >= 0.6 is 34.9 Å². The smallest absolute Gasteiger partial charge is 0.181 e. The number of thioether (sulfide) groups is 1. The molecule has 0 atom stereocenters. The normalized spacial score (nSPS) is 10.8. The molecule has 0 saturated heterocycles. The minimum absolute atomic E-state index is 0.541. The Morgan fingerprint density at radius 2 is 1.94 bits per heavy atom. The number of aromatic nitrogens is 4. The lowest BCUT2D eigenvalue weighted by Gasteiger charge is -2.06. The van der Waals surface area contributed by atoms with E-state index in [-0.39, 0.29) is 0 Å². The quantitative estimate of drug-likeness (QED) is 0.687. The van der Waals surface area contributed by atoms with Crippen molar-refractivity contribution in [2.45, 2.75) is 34.0 Å². The van der Waals surface area contributed by atoms with Crippen LogP contribution in [0.5, 0.6) is 0 Å². The number of nitrogens with zero attached hydrogens (tertiary/aromatic N) is 4. The molecular formula is C10H13N5S3. The highest BCUT2D eigenvalue weighted by molar-refractivity contribution is 8.03. The van der Waals surface area contributed by atoms with E-state index in [0.717, 1.165) is 31.5 Å². The molecule has 0 radical (unpaired) electrons. The van der Waals surface area contributed by atoms with Gasteiger partial charge in [-0.05, 0) is 24.9 Å². The largest absolute Gasteiger partial charge is 0.383 e. The number of hydrogen-bond donors (Lipinski definition) is 1. The summed E-state index contributed by atoms with van der Waals surface area (Å²) >= 11 is 4.64. The summed E-state index contributed by atoms with van der Waals surface area (Å²) in [7, 11) is 0. The van der Waals surface area contributed by atoms with E-state index in [1.165, 1.54) is 11.8 Å². The van der Waals surface area contributed by atoms with Crippen molar-refractivity contribution in [1.82, 2.24) is 20.2 Å². The third-order valence-electron chi connectivity index (χ3n) is 2.25. The molecule has 0 aromatic carbocycles. The van der Waals surface area contributed by atoms with Gasteiger partial charge in [0.05, 0.1) is 0 Å². The zero-order valence-electron chi connectivity index (χ0n) is 10.3. The first kappa shape index (κ1) is 13.6. The van der Waals surface area contributed by atoms with E-state index in [1.807, 2.05) is 20.1 Å². The lowest BCUT2D eigenvalue weighted by molar-refractivity contribution is 0.876. The van der Waals surface area contributed by atoms with E-state index in [2.05, 4.69) is 20.2 Å². The molecule has 96 valence electrons. The van der Waals surface area contributed by atoms with Crippen molar-refractivity contribution in [3.8, 4) is 0 Å². The first-order chi connectivity index (χ1) is 8.63. The van der Waals surface area contributed by atoms with Crippen LogP contribution < -0.4 is 5.73 Å². The summed E-state index contributed by atoms with van der Waals surface area (Å²) in [6.45, 7) is 3.93. The van der Waals surface area contributed by atoms with Crippen molar-refractivity contribution in [3.63, 3.8) is 0 Å². The molecule has 2 N–H and O–H groups in total. The highest BCUT2D eigenvalue weighted by atomic mass is 32.2. The van der Waals surface area contributed by atoms with E-state index >= 15 is 0 Å². The second-order valence-electron chi connectivity index (χ2n) is 3.45. The van der Waals surface area contributed by atoms with Crippen LogP contribution in [0, 0.1) is 6.92 Å². The molecule has 0 fully saturated rings. The molecule has 0 aliphatic rings. The van der Waals surface area contributed by atoms with Crippen molar-refractivity contribution >= 4 is 40.7 Å². The molecule has 0 aliphatic heterocycles. The van der Waals surface area contributed by atoms with Crippen LogP contribution in [0.15, 0.2) is 13.7 Å². The maximum atomic E-state index is 5.88. The van der Waals surface area contributed by atoms with Gasteiger partial charge in [0.25, 0.3) is 0 Å². The van der Waals surface area contributed by atoms with E-state index < -0.39 is 0 Å². The summed E-state index contributed by atoms with van der Waals surface area (Å²) in [6.07, 6.45) is 2.75. The van der Waals surface area contributed by atoms with Crippen molar-refractivity contribution in [1.29, 1.82) is 0 Å². The van der Waals surface area contributed by atoms with Gasteiger partial charge in [0.2, 0.25) is 0 Å². The second kappa shape index (κ2) is 5.85. The Morgan fingerprint density at radius 3 is 2.56 bits per heavy atom. The minimum atomic E-state index is 0.541. The standard InChI is InChI=1S/C10H13N5S3/c1-4-6-12-7(11)5(2)8(13-6)17-10-15-14-9(16-3)18-10/h4H2,1-3H3,(H2,11,12,13). The Hall–Kier alpha value is -0.860. The lowest BCUT2D eigenvalue weighted by atomic mass is 10.3. The van der Waals surface area contributed by atoms with Crippen molar-refractivity contribution in [2.24, 2.45) is 0 Å². The molecule has 2 aromatic heterocycles. The summed E-state index contributed by atoms with van der Waals surface area (Å²) in [5.41, 5.74) is 6.78. The van der Waals surface area contributed by atoms with Crippen LogP contribution in [0.4, 0.5) is 5.82 Å². The van der Waals surface area contributed by atoms with Gasteiger partial charge >= 0.3 is 0 Å². The summed E-state index contributed by atoms with van der Waals surface area (Å²) < 4.78 is 1.83. The summed E-state index contributed by atoms with van der Waals surface area (Å²) in [4.78, 5) is 8.72. The van der Waals surface area contributed by atoms with Gasteiger partial charge in [-0.2, -0.15) is 0 Å². The first-order valence-electron chi connectivity index (χ1n) is 5.32. The molecule has 5 nitrogen and oxygen atoms in total. The van der Waals surface area contributed by atoms with Crippen molar-refractivity contribution in [3.05, 3.63) is 11.4 Å². The van der Waals surface area contributed by atoms with Gasteiger partial charge < -0.3 is 5.73 Å². The molecule has 0 spiro atoms. The second-order valence-corrected chi connectivity index (χ2v) is 6.72. The van der Waals surface area contributed by atoms with Crippen molar-refractivity contribution < 1.29 is 0 Å². The molecular weight excluding hydrogens is 286 g/mol. The zero-order chi connectivity index (χ0) is 13.1. The molecule has 2 heterocycles. The van der Waals surface area contributed by atoms with Crippen LogP contribution in [0.25, 0.3) is 0 Å². The molecule has 18 heavy (non-hydrogen) atoms. The van der Waals surface area contributed by atoms with Crippen LogP contribution in [0.1, 0.15) is 18.3 Å². The maximum Gasteiger partial charge on any atom is 0.181 e. The SMILES string of the molecule is CCc1nc(N)c(C)c(Sc2nnc(SC)s2)n1. The van der Waals surface area contributed by atoms with Crippen LogP contribution in [-0.4, -0.2) is 26.4 Å². The third kappa shape index (κ3) is 2.93. The minimum Gasteiger partial charge on any atom is -0.383 e. The fourth-order valence-electron chi connectivity index (χ4n) is 1.22. The molecule has 0 unspecified atom stereocenters. The third-order valence-corrected chi connectivity index (χ3v) is 5.29. The molecule has 0 amide bonds. The van der Waals surface area contributed by atoms with Crippen LogP contribution in [-0.2, 0) is 6.42 Å². The summed E-state index contributed by atoms with van der Waals surface area (Å²) in [5.74, 6) is 1.30. The Morgan fingerprint density at radius 1 is 1.22 bits per heavy atom. The van der Waals surface area contributed by atoms with E-state index in [0.29, 0.717) is 5.82 Å². The number of aryl methyl sites for hydroxylation is 1. The van der Waals surface area contributed by atoms with Gasteiger partial charge in [-0.25, -0.2) is 9.97 Å². The number of hydrogen-bond acceptors (Lipinski definition) is 8. The Bertz CT molecular complexity index is 554. The first-order valence-corrected chi connectivity index (χ1v) is 8.18. The fraction of sp³-hybridized carbons (Fsp3) is 0.400. The van der Waals surface area contributed by atoms with Gasteiger partial charge in [0.15, 0.2) is 8.68 Å². The predicted octanol–water partition coefficient (Wildman–Crippen LogP) is 2.65. The molecule has 2 aromatic rings. The molecule has 8 heteroatoms.